The van der Waals surface area contributed by atoms with Crippen LogP contribution in [0.1, 0.15) is 22.4 Å². The third-order valence-corrected chi connectivity index (χ3v) is 6.93. The molecule has 0 unspecified atom stereocenters. The molecule has 40 heavy (non-hydrogen) atoms. The van der Waals surface area contributed by atoms with Gasteiger partial charge in [0.25, 0.3) is 0 Å². The average molecular weight is 528 g/mol. The molecule has 1 aliphatic heterocycles. The maximum Gasteiger partial charge on any atom is 0.247 e. The number of rotatable bonds is 2. The van der Waals surface area contributed by atoms with E-state index in [9.17, 15) is 14.9 Å². The number of aromatic nitrogens is 2. The number of nitriles is 1. The Hall–Kier alpha value is -5.42. The summed E-state index contributed by atoms with van der Waals surface area (Å²) in [7, 11) is 0. The number of carbonyl (C=O) groups is 2. The topological polar surface area (TPSA) is 109 Å². The molecule has 1 aromatic heterocycles. The zero-order chi connectivity index (χ0) is 27.5. The maximum absolute atomic E-state index is 13.6. The van der Waals surface area contributed by atoms with E-state index in [-0.39, 0.29) is 18.2 Å². The number of amides is 2. The van der Waals surface area contributed by atoms with Gasteiger partial charge in [-0.3, -0.25) is 9.59 Å². The summed E-state index contributed by atoms with van der Waals surface area (Å²) in [5.41, 5.74) is 3.51. The zero-order valence-corrected chi connectivity index (χ0v) is 21.5. The van der Waals surface area contributed by atoms with Gasteiger partial charge in [0.1, 0.15) is 23.6 Å². The average Bonchev–Trinajstić information content (AvgIpc) is 3.39. The van der Waals surface area contributed by atoms with Crippen molar-refractivity contribution in [2.45, 2.75) is 25.4 Å². The van der Waals surface area contributed by atoms with E-state index in [4.69, 9.17) is 4.74 Å². The highest BCUT2D eigenvalue weighted by atomic mass is 16.5. The van der Waals surface area contributed by atoms with E-state index in [1.807, 2.05) is 83.4 Å². The number of hydrogen-bond acceptors (Lipinski definition) is 5. The van der Waals surface area contributed by atoms with Gasteiger partial charge in [-0.2, -0.15) is 5.26 Å². The second-order valence-corrected chi connectivity index (χ2v) is 9.72. The van der Waals surface area contributed by atoms with Gasteiger partial charge in [0.05, 0.1) is 18.3 Å². The molecule has 0 aliphatic carbocycles. The minimum Gasteiger partial charge on any atom is -0.456 e. The van der Waals surface area contributed by atoms with Gasteiger partial charge >= 0.3 is 0 Å². The number of fused-ring (bicyclic) bond motifs is 4. The SMILES string of the molecule is N#Cc1ccc2cc1Oc1ccc3cccc(c3c1)NC(=O)[C@H](Cc1ccccc1)NC(=O)Cc1cncn1C2. The van der Waals surface area contributed by atoms with Crippen molar-refractivity contribution in [3.63, 3.8) is 0 Å². The fourth-order valence-electron chi connectivity index (χ4n) is 4.92. The Kier molecular flexibility index (Phi) is 6.69. The minimum absolute atomic E-state index is 0.0502. The van der Waals surface area contributed by atoms with E-state index in [0.29, 0.717) is 41.4 Å². The van der Waals surface area contributed by atoms with Gasteiger partial charge in [0.2, 0.25) is 11.8 Å². The number of nitrogens with zero attached hydrogens (tertiary/aromatic N) is 3. The first-order valence-corrected chi connectivity index (χ1v) is 12.9. The lowest BCUT2D eigenvalue weighted by Gasteiger charge is -2.20. The number of benzene rings is 4. The summed E-state index contributed by atoms with van der Waals surface area (Å²) < 4.78 is 8.09. The van der Waals surface area contributed by atoms with E-state index in [0.717, 1.165) is 21.9 Å². The summed E-state index contributed by atoms with van der Waals surface area (Å²) in [5.74, 6) is 0.343. The molecule has 5 aromatic rings. The minimum atomic E-state index is -0.801. The molecule has 0 radical (unpaired) electrons. The predicted molar refractivity (Wildman–Crippen MR) is 151 cm³/mol. The highest BCUT2D eigenvalue weighted by molar-refractivity contribution is 6.05. The predicted octanol–water partition coefficient (Wildman–Crippen LogP) is 4.97. The molecule has 4 aromatic carbocycles. The van der Waals surface area contributed by atoms with Crippen LogP contribution in [0.15, 0.2) is 97.5 Å². The van der Waals surface area contributed by atoms with Crippen molar-refractivity contribution in [1.29, 1.82) is 5.26 Å². The monoisotopic (exact) mass is 527 g/mol. The number of carbonyl (C=O) groups excluding carboxylic acids is 2. The lowest BCUT2D eigenvalue weighted by Crippen LogP contribution is -2.46. The summed E-state index contributed by atoms with van der Waals surface area (Å²) in [5, 5.41) is 17.4. The third kappa shape index (κ3) is 5.26. The standard InChI is InChI=1S/C32H25N5O3/c33-17-24-10-9-22-14-30(24)40-26-12-11-23-7-4-8-28(27(23)16-26)36-32(39)29(13-21-5-2-1-3-6-21)35-31(38)15-25-18-34-20-37(25)19-22/h1-12,14,16,18,20,29H,13,15,19H2,(H,35,38)(H,36,39)/t29-/m0/s1. The fraction of sp³-hybridized carbons (Fsp3) is 0.125. The molecule has 0 saturated heterocycles. The van der Waals surface area contributed by atoms with Gasteiger partial charge in [-0.25, -0.2) is 4.98 Å². The Labute approximate surface area is 230 Å². The number of nitrogens with one attached hydrogen (secondary N) is 2. The number of imidazole rings is 1. The van der Waals surface area contributed by atoms with Crippen LogP contribution in [-0.4, -0.2) is 27.4 Å². The lowest BCUT2D eigenvalue weighted by molar-refractivity contribution is -0.126. The molecule has 2 heterocycles. The highest BCUT2D eigenvalue weighted by Gasteiger charge is 2.23. The molecule has 0 saturated carbocycles. The quantitative estimate of drug-likeness (QED) is 0.337. The van der Waals surface area contributed by atoms with Gasteiger partial charge in [0.15, 0.2) is 0 Å². The van der Waals surface area contributed by atoms with Crippen LogP contribution in [0.5, 0.6) is 11.5 Å². The van der Waals surface area contributed by atoms with Crippen molar-refractivity contribution in [1.82, 2.24) is 14.9 Å². The van der Waals surface area contributed by atoms with Crippen molar-refractivity contribution < 1.29 is 14.3 Å². The Bertz CT molecular complexity index is 1770. The summed E-state index contributed by atoms with van der Waals surface area (Å²) in [6, 6.07) is 27.6. The number of hydrogen-bond donors (Lipinski definition) is 2. The molecular weight excluding hydrogens is 502 g/mol. The van der Waals surface area contributed by atoms with E-state index >= 15 is 0 Å². The summed E-state index contributed by atoms with van der Waals surface area (Å²) >= 11 is 0. The van der Waals surface area contributed by atoms with Gasteiger partial charge < -0.3 is 19.9 Å². The molecular formula is C32H25N5O3. The molecule has 1 atom stereocenters. The molecule has 0 spiro atoms. The molecule has 8 heteroatoms. The molecule has 0 fully saturated rings. The maximum atomic E-state index is 13.6. The second-order valence-electron chi connectivity index (χ2n) is 9.72. The third-order valence-electron chi connectivity index (χ3n) is 6.93. The summed E-state index contributed by atoms with van der Waals surface area (Å²) in [6.45, 7) is 0.431. The van der Waals surface area contributed by atoms with Gasteiger partial charge in [-0.05, 0) is 46.8 Å². The van der Waals surface area contributed by atoms with E-state index < -0.39 is 6.04 Å². The first-order valence-electron chi connectivity index (χ1n) is 12.9. The van der Waals surface area contributed by atoms with E-state index in [2.05, 4.69) is 21.7 Å². The van der Waals surface area contributed by atoms with E-state index in [1.54, 1.807) is 18.6 Å². The Morgan fingerprint density at radius 1 is 1.00 bits per heavy atom. The van der Waals surface area contributed by atoms with Crippen molar-refractivity contribution in [2.75, 3.05) is 5.32 Å². The molecule has 2 N–H and O–H groups in total. The molecule has 196 valence electrons. The van der Waals surface area contributed by atoms with Gasteiger partial charge in [0, 0.05) is 35.9 Å². The second kappa shape index (κ2) is 10.8. The Morgan fingerprint density at radius 3 is 2.73 bits per heavy atom. The molecule has 6 rings (SSSR count). The van der Waals surface area contributed by atoms with Gasteiger partial charge in [-0.1, -0.05) is 54.6 Å². The molecule has 2 amide bonds. The zero-order valence-electron chi connectivity index (χ0n) is 21.5. The Balaban J connectivity index is 1.44. The van der Waals surface area contributed by atoms with Crippen LogP contribution in [0.3, 0.4) is 0 Å². The number of ether oxygens (including phenoxy) is 1. The normalized spacial score (nSPS) is 15.3. The number of anilines is 1. The van der Waals surface area contributed by atoms with E-state index in [1.165, 1.54) is 0 Å². The fourth-order valence-corrected chi connectivity index (χ4v) is 4.92. The van der Waals surface area contributed by atoms with Crippen molar-refractivity contribution >= 4 is 28.3 Å². The first-order chi connectivity index (χ1) is 19.6. The van der Waals surface area contributed by atoms with Crippen LogP contribution in [0.2, 0.25) is 0 Å². The Morgan fingerprint density at radius 2 is 1.88 bits per heavy atom. The van der Waals surface area contributed by atoms with Crippen LogP contribution >= 0.6 is 0 Å². The highest BCUT2D eigenvalue weighted by Crippen LogP contribution is 2.32. The van der Waals surface area contributed by atoms with Crippen molar-refractivity contribution in [3.8, 4) is 17.6 Å². The summed E-state index contributed by atoms with van der Waals surface area (Å²) in [6.07, 6.45) is 3.69. The van der Waals surface area contributed by atoms with Crippen molar-refractivity contribution in [3.05, 3.63) is 120 Å². The molecule has 8 nitrogen and oxygen atoms in total. The van der Waals surface area contributed by atoms with Crippen LogP contribution < -0.4 is 15.4 Å². The van der Waals surface area contributed by atoms with Crippen LogP contribution in [0.25, 0.3) is 10.8 Å². The van der Waals surface area contributed by atoms with Crippen LogP contribution in [0.4, 0.5) is 5.69 Å². The van der Waals surface area contributed by atoms with Crippen LogP contribution in [0, 0.1) is 11.3 Å². The summed E-state index contributed by atoms with van der Waals surface area (Å²) in [4.78, 5) is 31.1. The van der Waals surface area contributed by atoms with Crippen LogP contribution in [-0.2, 0) is 29.0 Å². The first kappa shape index (κ1) is 24.9. The van der Waals surface area contributed by atoms with Crippen molar-refractivity contribution in [2.24, 2.45) is 0 Å². The molecule has 1 aliphatic rings. The largest absolute Gasteiger partial charge is 0.456 e. The van der Waals surface area contributed by atoms with Gasteiger partial charge in [-0.15, -0.1) is 0 Å². The molecule has 4 bridgehead atoms. The smallest absolute Gasteiger partial charge is 0.247 e. The lowest BCUT2D eigenvalue weighted by atomic mass is 10.0.